The maximum Gasteiger partial charge on any atom is 0.244 e. The summed E-state index contributed by atoms with van der Waals surface area (Å²) in [6.07, 6.45) is 1.96. The van der Waals surface area contributed by atoms with Crippen LogP contribution < -0.4 is 5.73 Å². The average molecular weight is 330 g/mol. The summed E-state index contributed by atoms with van der Waals surface area (Å²) in [6.45, 7) is 0.723. The van der Waals surface area contributed by atoms with E-state index < -0.39 is 12.1 Å². The molecule has 0 spiro atoms. The Morgan fingerprint density at radius 1 is 1.30 bits per heavy atom. The zero-order chi connectivity index (χ0) is 16.2. The molecule has 0 saturated carbocycles. The molecule has 1 fully saturated rings. The maximum absolute atomic E-state index is 12.7. The maximum atomic E-state index is 12.7. The van der Waals surface area contributed by atoms with Gasteiger partial charge in [-0.2, -0.15) is 0 Å². The van der Waals surface area contributed by atoms with Crippen LogP contribution in [0.5, 0.6) is 0 Å². The molecule has 3 rings (SSSR count). The Bertz CT molecular complexity index is 630. The van der Waals surface area contributed by atoms with Gasteiger partial charge in [0.25, 0.3) is 0 Å². The molecule has 0 bridgehead atoms. The number of carbonyl (C=O) groups is 1. The van der Waals surface area contributed by atoms with E-state index in [4.69, 9.17) is 5.73 Å². The van der Waals surface area contributed by atoms with Crippen molar-refractivity contribution in [3.05, 3.63) is 58.3 Å². The van der Waals surface area contributed by atoms with Gasteiger partial charge in [-0.3, -0.25) is 4.79 Å². The zero-order valence-electron chi connectivity index (χ0n) is 13.0. The van der Waals surface area contributed by atoms with Crippen molar-refractivity contribution in [2.75, 3.05) is 6.54 Å². The van der Waals surface area contributed by atoms with Crippen LogP contribution in [0.4, 0.5) is 0 Å². The van der Waals surface area contributed by atoms with Crippen LogP contribution in [0.3, 0.4) is 0 Å². The highest BCUT2D eigenvalue weighted by Gasteiger charge is 2.33. The molecule has 1 saturated heterocycles. The van der Waals surface area contributed by atoms with Gasteiger partial charge in [0.05, 0.1) is 6.10 Å². The van der Waals surface area contributed by atoms with Gasteiger partial charge in [-0.1, -0.05) is 36.4 Å². The number of nitrogens with zero attached hydrogens (tertiary/aromatic N) is 1. The lowest BCUT2D eigenvalue weighted by atomic mass is 10.0. The Hall–Kier alpha value is -1.69. The number of amides is 1. The normalized spacial score (nSPS) is 20.4. The summed E-state index contributed by atoms with van der Waals surface area (Å²) < 4.78 is 0. The second-order valence-electron chi connectivity index (χ2n) is 5.98. The van der Waals surface area contributed by atoms with Crippen LogP contribution in [0.25, 0.3) is 0 Å². The van der Waals surface area contributed by atoms with Crippen molar-refractivity contribution in [2.45, 2.75) is 37.5 Å². The molecule has 3 unspecified atom stereocenters. The van der Waals surface area contributed by atoms with Crippen LogP contribution in [0, 0.1) is 0 Å². The molecule has 5 heteroatoms. The van der Waals surface area contributed by atoms with Gasteiger partial charge in [0.15, 0.2) is 0 Å². The summed E-state index contributed by atoms with van der Waals surface area (Å²) in [6, 6.07) is 12.8. The van der Waals surface area contributed by atoms with Gasteiger partial charge in [0.2, 0.25) is 5.91 Å². The molecule has 122 valence electrons. The zero-order valence-corrected chi connectivity index (χ0v) is 13.8. The fourth-order valence-corrected chi connectivity index (χ4v) is 3.93. The Kier molecular flexibility index (Phi) is 5.10. The first-order valence-electron chi connectivity index (χ1n) is 7.99. The summed E-state index contributed by atoms with van der Waals surface area (Å²) in [5, 5.41) is 12.3. The molecule has 0 aliphatic carbocycles. The molecule has 2 aromatic rings. The Labute approximate surface area is 140 Å². The van der Waals surface area contributed by atoms with E-state index in [1.807, 2.05) is 52.7 Å². The molecule has 1 aliphatic rings. The first-order chi connectivity index (χ1) is 11.2. The van der Waals surface area contributed by atoms with Crippen LogP contribution in [0.2, 0.25) is 0 Å². The van der Waals surface area contributed by atoms with Gasteiger partial charge in [0, 0.05) is 17.5 Å². The van der Waals surface area contributed by atoms with Crippen molar-refractivity contribution in [3.63, 3.8) is 0 Å². The number of carbonyl (C=O) groups excluding carboxylic acids is 1. The quantitative estimate of drug-likeness (QED) is 0.886. The number of likely N-dealkylation sites (tertiary alicyclic amines) is 1. The van der Waals surface area contributed by atoms with E-state index in [0.717, 1.165) is 29.8 Å². The van der Waals surface area contributed by atoms with Crippen LogP contribution >= 0.6 is 11.3 Å². The smallest absolute Gasteiger partial charge is 0.244 e. The number of aliphatic hydroxyl groups is 1. The summed E-state index contributed by atoms with van der Waals surface area (Å²) >= 11 is 1.55. The molecule has 4 nitrogen and oxygen atoms in total. The van der Waals surface area contributed by atoms with Crippen molar-refractivity contribution in [1.29, 1.82) is 0 Å². The molecule has 3 atom stereocenters. The second kappa shape index (κ2) is 7.25. The molecule has 1 aromatic carbocycles. The van der Waals surface area contributed by atoms with Crippen LogP contribution in [-0.4, -0.2) is 28.5 Å². The number of hydrogen-bond acceptors (Lipinski definition) is 4. The lowest BCUT2D eigenvalue weighted by Gasteiger charge is -2.28. The monoisotopic (exact) mass is 330 g/mol. The second-order valence-corrected chi connectivity index (χ2v) is 6.96. The number of thiophene rings is 1. The lowest BCUT2D eigenvalue weighted by molar-refractivity contribution is -0.134. The predicted octanol–water partition coefficient (Wildman–Crippen LogP) is 2.86. The number of benzene rings is 1. The molecule has 1 aromatic heterocycles. The molecule has 0 radical (unpaired) electrons. The van der Waals surface area contributed by atoms with Crippen LogP contribution in [0.15, 0.2) is 47.8 Å². The third-order valence-electron chi connectivity index (χ3n) is 4.45. The van der Waals surface area contributed by atoms with Gasteiger partial charge in [0.1, 0.15) is 6.04 Å². The third kappa shape index (κ3) is 3.63. The van der Waals surface area contributed by atoms with Gasteiger partial charge in [-0.25, -0.2) is 0 Å². The standard InChI is InChI=1S/C18H22N2O2S/c19-17(13-6-2-1-3-7-13)18(22)20-10-4-8-14(20)12-15(21)16-9-5-11-23-16/h1-3,5-7,9,11,14-15,17,21H,4,8,10,12,19H2. The first-order valence-corrected chi connectivity index (χ1v) is 8.87. The van der Waals surface area contributed by atoms with E-state index in [9.17, 15) is 9.90 Å². The predicted molar refractivity (Wildman–Crippen MR) is 92.0 cm³/mol. The van der Waals surface area contributed by atoms with E-state index in [2.05, 4.69) is 0 Å². The summed E-state index contributed by atoms with van der Waals surface area (Å²) in [7, 11) is 0. The molecule has 23 heavy (non-hydrogen) atoms. The fourth-order valence-electron chi connectivity index (χ4n) is 3.21. The molecule has 1 amide bonds. The summed E-state index contributed by atoms with van der Waals surface area (Å²) in [4.78, 5) is 15.6. The Balaban J connectivity index is 1.67. The number of nitrogens with two attached hydrogens (primary N) is 1. The van der Waals surface area contributed by atoms with Crippen molar-refractivity contribution in [2.24, 2.45) is 5.73 Å². The van der Waals surface area contributed by atoms with Crippen molar-refractivity contribution >= 4 is 17.2 Å². The van der Waals surface area contributed by atoms with Gasteiger partial charge in [-0.15, -0.1) is 11.3 Å². The number of aliphatic hydroxyl groups excluding tert-OH is 1. The van der Waals surface area contributed by atoms with Crippen molar-refractivity contribution in [1.82, 2.24) is 4.90 Å². The molecular weight excluding hydrogens is 308 g/mol. The van der Waals surface area contributed by atoms with E-state index in [1.54, 1.807) is 11.3 Å². The molecular formula is C18H22N2O2S. The van der Waals surface area contributed by atoms with E-state index in [0.29, 0.717) is 6.42 Å². The largest absolute Gasteiger partial charge is 0.387 e. The third-order valence-corrected chi connectivity index (χ3v) is 5.43. The van der Waals surface area contributed by atoms with E-state index in [-0.39, 0.29) is 11.9 Å². The summed E-state index contributed by atoms with van der Waals surface area (Å²) in [5.41, 5.74) is 6.99. The van der Waals surface area contributed by atoms with Gasteiger partial charge >= 0.3 is 0 Å². The minimum atomic E-state index is -0.629. The van der Waals surface area contributed by atoms with Crippen LogP contribution in [0.1, 0.15) is 41.8 Å². The number of rotatable bonds is 5. The van der Waals surface area contributed by atoms with E-state index >= 15 is 0 Å². The van der Waals surface area contributed by atoms with Crippen molar-refractivity contribution < 1.29 is 9.90 Å². The summed E-state index contributed by atoms with van der Waals surface area (Å²) in [5.74, 6) is -0.0444. The SMILES string of the molecule is NC(C(=O)N1CCCC1CC(O)c1cccs1)c1ccccc1. The highest BCUT2D eigenvalue weighted by Crippen LogP contribution is 2.30. The van der Waals surface area contributed by atoms with Crippen molar-refractivity contribution in [3.8, 4) is 0 Å². The lowest BCUT2D eigenvalue weighted by Crippen LogP contribution is -2.42. The minimum Gasteiger partial charge on any atom is -0.387 e. The Morgan fingerprint density at radius 2 is 2.09 bits per heavy atom. The van der Waals surface area contributed by atoms with Gasteiger partial charge < -0.3 is 15.7 Å². The average Bonchev–Trinajstić information content (AvgIpc) is 3.26. The molecule has 1 aliphatic heterocycles. The van der Waals surface area contributed by atoms with Gasteiger partial charge in [-0.05, 0) is 36.3 Å². The topological polar surface area (TPSA) is 66.6 Å². The Morgan fingerprint density at radius 3 is 2.78 bits per heavy atom. The number of hydrogen-bond donors (Lipinski definition) is 2. The fraction of sp³-hybridized carbons (Fsp3) is 0.389. The molecule has 2 heterocycles. The van der Waals surface area contributed by atoms with E-state index in [1.165, 1.54) is 0 Å². The van der Waals surface area contributed by atoms with Crippen LogP contribution in [-0.2, 0) is 4.79 Å². The minimum absolute atomic E-state index is 0.0444. The first kappa shape index (κ1) is 16.2. The highest BCUT2D eigenvalue weighted by molar-refractivity contribution is 7.10. The molecule has 3 N–H and O–H groups in total. The highest BCUT2D eigenvalue weighted by atomic mass is 32.1.